The summed E-state index contributed by atoms with van der Waals surface area (Å²) in [6.07, 6.45) is 0.483. The van der Waals surface area contributed by atoms with Crippen molar-refractivity contribution in [1.82, 2.24) is 15.6 Å². The highest BCUT2D eigenvalue weighted by atomic mass is 16.2. The van der Waals surface area contributed by atoms with E-state index in [-0.39, 0.29) is 11.9 Å². The van der Waals surface area contributed by atoms with E-state index in [0.29, 0.717) is 6.42 Å². The molecular weight excluding hydrogens is 168 g/mol. The molecule has 5 heteroatoms. The SMILES string of the molecule is CC(CC(=O)NN)N1CCNCC1. The minimum Gasteiger partial charge on any atom is -0.314 e. The van der Waals surface area contributed by atoms with E-state index < -0.39 is 0 Å². The van der Waals surface area contributed by atoms with Crippen LogP contribution in [0.15, 0.2) is 0 Å². The number of rotatable bonds is 3. The maximum atomic E-state index is 11.0. The first-order valence-corrected chi connectivity index (χ1v) is 4.68. The van der Waals surface area contributed by atoms with Crippen molar-refractivity contribution < 1.29 is 4.79 Å². The van der Waals surface area contributed by atoms with Crippen molar-refractivity contribution >= 4 is 5.91 Å². The summed E-state index contributed by atoms with van der Waals surface area (Å²) in [5.41, 5.74) is 2.15. The van der Waals surface area contributed by atoms with Gasteiger partial charge in [0.2, 0.25) is 5.91 Å². The fourth-order valence-corrected chi connectivity index (χ4v) is 1.58. The fraction of sp³-hybridized carbons (Fsp3) is 0.875. The molecule has 0 radical (unpaired) electrons. The average molecular weight is 186 g/mol. The van der Waals surface area contributed by atoms with E-state index in [1.54, 1.807) is 0 Å². The zero-order valence-corrected chi connectivity index (χ0v) is 8.05. The van der Waals surface area contributed by atoms with Crippen molar-refractivity contribution in [3.05, 3.63) is 0 Å². The summed E-state index contributed by atoms with van der Waals surface area (Å²) in [5.74, 6) is 4.93. The summed E-state index contributed by atoms with van der Waals surface area (Å²) in [4.78, 5) is 13.3. The van der Waals surface area contributed by atoms with Crippen LogP contribution >= 0.6 is 0 Å². The molecule has 1 amide bonds. The van der Waals surface area contributed by atoms with Crippen molar-refractivity contribution in [3.8, 4) is 0 Å². The Morgan fingerprint density at radius 3 is 2.77 bits per heavy atom. The third kappa shape index (κ3) is 3.30. The van der Waals surface area contributed by atoms with Gasteiger partial charge in [-0.25, -0.2) is 5.84 Å². The minimum absolute atomic E-state index is 0.0916. The minimum atomic E-state index is -0.0916. The molecule has 1 aliphatic rings. The van der Waals surface area contributed by atoms with Crippen LogP contribution in [0.2, 0.25) is 0 Å². The van der Waals surface area contributed by atoms with Gasteiger partial charge < -0.3 is 5.32 Å². The summed E-state index contributed by atoms with van der Waals surface area (Å²) in [6.45, 7) is 6.10. The fourth-order valence-electron chi connectivity index (χ4n) is 1.58. The Hall–Kier alpha value is -0.650. The van der Waals surface area contributed by atoms with E-state index in [2.05, 4.69) is 22.6 Å². The third-order valence-corrected chi connectivity index (χ3v) is 2.42. The maximum absolute atomic E-state index is 11.0. The monoisotopic (exact) mass is 186 g/mol. The first-order chi connectivity index (χ1) is 6.24. The molecule has 0 bridgehead atoms. The molecule has 0 saturated carbocycles. The van der Waals surface area contributed by atoms with Crippen LogP contribution in [-0.2, 0) is 4.79 Å². The summed E-state index contributed by atoms with van der Waals surface area (Å²) < 4.78 is 0. The lowest BCUT2D eigenvalue weighted by Gasteiger charge is -2.32. The van der Waals surface area contributed by atoms with E-state index in [9.17, 15) is 4.79 Å². The van der Waals surface area contributed by atoms with Crippen molar-refractivity contribution in [2.45, 2.75) is 19.4 Å². The number of hydrogen-bond acceptors (Lipinski definition) is 4. The van der Waals surface area contributed by atoms with Crippen molar-refractivity contribution in [2.24, 2.45) is 5.84 Å². The zero-order chi connectivity index (χ0) is 9.68. The molecule has 5 nitrogen and oxygen atoms in total. The highest BCUT2D eigenvalue weighted by Crippen LogP contribution is 2.04. The second-order valence-corrected chi connectivity index (χ2v) is 3.41. The Labute approximate surface area is 78.6 Å². The molecule has 1 unspecified atom stereocenters. The molecule has 1 saturated heterocycles. The predicted octanol–water partition coefficient (Wildman–Crippen LogP) is -1.34. The molecule has 1 heterocycles. The molecule has 1 fully saturated rings. The normalized spacial score (nSPS) is 21.1. The lowest BCUT2D eigenvalue weighted by molar-refractivity contribution is -0.122. The van der Waals surface area contributed by atoms with Crippen LogP contribution in [0.4, 0.5) is 0 Å². The van der Waals surface area contributed by atoms with Crippen molar-refractivity contribution in [3.63, 3.8) is 0 Å². The van der Waals surface area contributed by atoms with Gasteiger partial charge in [-0.05, 0) is 6.92 Å². The van der Waals surface area contributed by atoms with Gasteiger partial charge in [-0.1, -0.05) is 0 Å². The Morgan fingerprint density at radius 2 is 2.23 bits per heavy atom. The molecule has 0 aromatic heterocycles. The molecule has 0 aromatic rings. The summed E-state index contributed by atoms with van der Waals surface area (Å²) in [5, 5.41) is 3.27. The number of carbonyl (C=O) groups excluding carboxylic acids is 1. The summed E-state index contributed by atoms with van der Waals surface area (Å²) in [6, 6.07) is 0.283. The second kappa shape index (κ2) is 5.16. The van der Waals surface area contributed by atoms with Gasteiger partial charge in [0.15, 0.2) is 0 Å². The number of hydrazine groups is 1. The Bertz CT molecular complexity index is 168. The zero-order valence-electron chi connectivity index (χ0n) is 8.05. The molecule has 1 rings (SSSR count). The molecule has 0 spiro atoms. The highest BCUT2D eigenvalue weighted by molar-refractivity contribution is 5.75. The maximum Gasteiger partial charge on any atom is 0.235 e. The van der Waals surface area contributed by atoms with E-state index in [1.165, 1.54) is 0 Å². The molecule has 0 aromatic carbocycles. The van der Waals surface area contributed by atoms with Gasteiger partial charge in [0.25, 0.3) is 0 Å². The van der Waals surface area contributed by atoms with Crippen LogP contribution in [0.1, 0.15) is 13.3 Å². The van der Waals surface area contributed by atoms with Gasteiger partial charge in [0, 0.05) is 38.6 Å². The van der Waals surface area contributed by atoms with Crippen LogP contribution in [0.5, 0.6) is 0 Å². The average Bonchev–Trinajstić information content (AvgIpc) is 2.19. The number of hydrogen-bond donors (Lipinski definition) is 3. The van der Waals surface area contributed by atoms with Crippen LogP contribution < -0.4 is 16.6 Å². The number of nitrogens with one attached hydrogen (secondary N) is 2. The largest absolute Gasteiger partial charge is 0.314 e. The first kappa shape index (κ1) is 10.4. The van der Waals surface area contributed by atoms with Gasteiger partial charge in [-0.3, -0.25) is 15.1 Å². The Balaban J connectivity index is 2.28. The predicted molar refractivity (Wildman–Crippen MR) is 50.9 cm³/mol. The molecule has 0 aliphatic carbocycles. The van der Waals surface area contributed by atoms with Gasteiger partial charge >= 0.3 is 0 Å². The Kier molecular flexibility index (Phi) is 4.14. The highest BCUT2D eigenvalue weighted by Gasteiger charge is 2.18. The van der Waals surface area contributed by atoms with E-state index in [1.807, 2.05) is 0 Å². The number of nitrogens with zero attached hydrogens (tertiary/aromatic N) is 1. The smallest absolute Gasteiger partial charge is 0.235 e. The number of amides is 1. The van der Waals surface area contributed by atoms with Gasteiger partial charge in [0.1, 0.15) is 0 Å². The molecule has 1 atom stereocenters. The molecular formula is C8H18N4O. The van der Waals surface area contributed by atoms with E-state index in [4.69, 9.17) is 5.84 Å². The summed E-state index contributed by atoms with van der Waals surface area (Å²) >= 11 is 0. The van der Waals surface area contributed by atoms with Gasteiger partial charge in [0.05, 0.1) is 0 Å². The topological polar surface area (TPSA) is 70.4 Å². The standard InChI is InChI=1S/C8H18N4O/c1-7(6-8(13)11-9)12-4-2-10-3-5-12/h7,10H,2-6,9H2,1H3,(H,11,13). The van der Waals surface area contributed by atoms with Crippen molar-refractivity contribution in [2.75, 3.05) is 26.2 Å². The van der Waals surface area contributed by atoms with Crippen LogP contribution in [0, 0.1) is 0 Å². The third-order valence-electron chi connectivity index (χ3n) is 2.42. The van der Waals surface area contributed by atoms with Crippen LogP contribution in [0.3, 0.4) is 0 Å². The first-order valence-electron chi connectivity index (χ1n) is 4.68. The molecule has 76 valence electrons. The molecule has 1 aliphatic heterocycles. The lowest BCUT2D eigenvalue weighted by Crippen LogP contribution is -2.49. The van der Waals surface area contributed by atoms with E-state index >= 15 is 0 Å². The quantitative estimate of drug-likeness (QED) is 0.290. The van der Waals surface area contributed by atoms with Crippen molar-refractivity contribution in [1.29, 1.82) is 0 Å². The van der Waals surface area contributed by atoms with Crippen LogP contribution in [-0.4, -0.2) is 43.0 Å². The van der Waals surface area contributed by atoms with Crippen LogP contribution in [0.25, 0.3) is 0 Å². The lowest BCUT2D eigenvalue weighted by atomic mass is 10.2. The van der Waals surface area contributed by atoms with Gasteiger partial charge in [-0.15, -0.1) is 0 Å². The second-order valence-electron chi connectivity index (χ2n) is 3.41. The van der Waals surface area contributed by atoms with Gasteiger partial charge in [-0.2, -0.15) is 0 Å². The van der Waals surface area contributed by atoms with E-state index in [0.717, 1.165) is 26.2 Å². The molecule has 4 N–H and O–H groups in total. The number of nitrogens with two attached hydrogens (primary N) is 1. The number of piperazine rings is 1. The summed E-state index contributed by atoms with van der Waals surface area (Å²) in [7, 11) is 0. The number of carbonyl (C=O) groups is 1. The Morgan fingerprint density at radius 1 is 1.62 bits per heavy atom. The molecule has 13 heavy (non-hydrogen) atoms.